The van der Waals surface area contributed by atoms with Crippen LogP contribution in [-0.2, 0) is 20.2 Å². The van der Waals surface area contributed by atoms with E-state index in [4.69, 9.17) is 4.42 Å². The zero-order valence-corrected chi connectivity index (χ0v) is 21.8. The van der Waals surface area contributed by atoms with E-state index in [1.165, 1.54) is 6.07 Å². The van der Waals surface area contributed by atoms with Gasteiger partial charge >= 0.3 is 11.2 Å². The molecule has 0 aliphatic carbocycles. The summed E-state index contributed by atoms with van der Waals surface area (Å²) in [5.74, 6) is 0. The van der Waals surface area contributed by atoms with Crippen LogP contribution < -0.4 is 10.6 Å². The normalized spacial score (nSPS) is 12.3. The van der Waals surface area contributed by atoms with Gasteiger partial charge in [-0.1, -0.05) is 6.07 Å². The predicted molar refractivity (Wildman–Crippen MR) is 141 cm³/mol. The average Bonchev–Trinajstić information content (AvgIpc) is 2.78. The van der Waals surface area contributed by atoms with Crippen LogP contribution in [0.3, 0.4) is 0 Å². The molecule has 0 aliphatic heterocycles. The molecule has 0 bridgehead atoms. The maximum absolute atomic E-state index is 12.4. The molecule has 4 N–H and O–H groups in total. The third-order valence-corrected chi connectivity index (χ3v) is 7.69. The van der Waals surface area contributed by atoms with Crippen molar-refractivity contribution < 1.29 is 30.4 Å². The van der Waals surface area contributed by atoms with E-state index in [-0.39, 0.29) is 5.56 Å². The molecular weight excluding hydrogens is 504 g/mol. The number of benzene rings is 3. The maximum atomic E-state index is 12.4. The van der Waals surface area contributed by atoms with Crippen LogP contribution >= 0.6 is 0 Å². The van der Waals surface area contributed by atoms with Crippen molar-refractivity contribution in [3.05, 3.63) is 53.6 Å². The molecule has 0 radical (unpaired) electrons. The Labute approximate surface area is 209 Å². The van der Waals surface area contributed by atoms with Crippen LogP contribution in [0.1, 0.15) is 25.0 Å². The van der Waals surface area contributed by atoms with Gasteiger partial charge in [-0.2, -0.15) is 16.8 Å². The van der Waals surface area contributed by atoms with Crippen LogP contribution in [0.25, 0.3) is 33.1 Å². The van der Waals surface area contributed by atoms with E-state index in [2.05, 4.69) is 10.6 Å². The molecule has 1 heterocycles. The molecule has 0 saturated carbocycles. The minimum atomic E-state index is -4.89. The van der Waals surface area contributed by atoms with Crippen LogP contribution in [-0.4, -0.2) is 39.0 Å². The maximum Gasteiger partial charge on any atom is 0.363 e. The highest BCUT2D eigenvalue weighted by molar-refractivity contribution is 7.86. The van der Waals surface area contributed by atoms with Crippen LogP contribution in [0.4, 0.5) is 11.4 Å². The van der Waals surface area contributed by atoms with Crippen molar-refractivity contribution in [3.63, 3.8) is 0 Å². The van der Waals surface area contributed by atoms with Crippen LogP contribution in [0.5, 0.6) is 0 Å². The molecule has 0 spiro atoms. The zero-order valence-electron chi connectivity index (χ0n) is 20.2. The number of aryl methyl sites for hydroxylation is 2. The molecule has 190 valence electrons. The highest BCUT2D eigenvalue weighted by Crippen LogP contribution is 2.42. The molecule has 11 heteroatoms. The Morgan fingerprint density at radius 2 is 1.25 bits per heavy atom. The van der Waals surface area contributed by atoms with Crippen LogP contribution in [0, 0.1) is 13.8 Å². The minimum absolute atomic E-state index is 0.0712. The lowest BCUT2D eigenvalue weighted by Gasteiger charge is -2.14. The number of hydrogen-bond donors (Lipinski definition) is 4. The van der Waals surface area contributed by atoms with Crippen molar-refractivity contribution in [3.8, 4) is 11.1 Å². The van der Waals surface area contributed by atoms with E-state index in [1.54, 1.807) is 0 Å². The highest BCUT2D eigenvalue weighted by atomic mass is 32.2. The first kappa shape index (κ1) is 25.8. The Morgan fingerprint density at radius 3 is 1.67 bits per heavy atom. The third kappa shape index (κ3) is 4.74. The molecule has 3 aromatic carbocycles. The van der Waals surface area contributed by atoms with Gasteiger partial charge in [-0.25, -0.2) is 4.42 Å². The predicted octanol–water partition coefficient (Wildman–Crippen LogP) is 5.51. The minimum Gasteiger partial charge on any atom is -0.385 e. The van der Waals surface area contributed by atoms with Gasteiger partial charge in [-0.15, -0.1) is 0 Å². The standard InChI is InChI=1S/C25H26N2O7S2/c1-5-26-20-12-22-18(9-14(20)3)25(19-10-15(4)21(27-6-2)13-23(19)34-22)17-8-7-16(35(28,29)30)11-24(17)36(31,32)33/h7-13,26-27H,5-6H2,1-4H3,(H-,28,29,30,31,32,33)/p+1. The quantitative estimate of drug-likeness (QED) is 0.138. The van der Waals surface area contributed by atoms with Crippen molar-refractivity contribution in [2.45, 2.75) is 37.5 Å². The summed E-state index contributed by atoms with van der Waals surface area (Å²) in [6.45, 7) is 9.09. The summed E-state index contributed by atoms with van der Waals surface area (Å²) in [5, 5.41) is 7.69. The van der Waals surface area contributed by atoms with Crippen molar-refractivity contribution in [1.29, 1.82) is 0 Å². The summed E-state index contributed by atoms with van der Waals surface area (Å²) < 4.78 is 74.1. The number of rotatable bonds is 7. The molecule has 0 unspecified atom stereocenters. The lowest BCUT2D eigenvalue weighted by Crippen LogP contribution is -2.06. The van der Waals surface area contributed by atoms with E-state index in [0.29, 0.717) is 40.6 Å². The van der Waals surface area contributed by atoms with Crippen molar-refractivity contribution in [2.24, 2.45) is 0 Å². The molecule has 0 amide bonds. The van der Waals surface area contributed by atoms with Gasteiger partial charge in [0, 0.05) is 35.6 Å². The van der Waals surface area contributed by atoms with Gasteiger partial charge in [0.25, 0.3) is 20.2 Å². The first-order chi connectivity index (χ1) is 16.8. The number of nitrogens with one attached hydrogen (secondary N) is 2. The largest absolute Gasteiger partial charge is 0.385 e. The highest BCUT2D eigenvalue weighted by Gasteiger charge is 2.28. The topological polar surface area (TPSA) is 144 Å². The molecule has 0 fully saturated rings. The first-order valence-corrected chi connectivity index (χ1v) is 14.1. The Kier molecular flexibility index (Phi) is 6.69. The summed E-state index contributed by atoms with van der Waals surface area (Å²) in [6.07, 6.45) is 0. The van der Waals surface area contributed by atoms with Crippen LogP contribution in [0.2, 0.25) is 0 Å². The SMILES string of the molecule is CCNc1cc2[o+]c3cc(NCC)c(C)cc3c(-c3ccc(S(=O)(=O)O)cc3S(=O)(=O)O)c2cc1C. The summed E-state index contributed by atoms with van der Waals surface area (Å²) in [5.41, 5.74) is 4.88. The molecular formula is C25H27N2O7S2+. The molecule has 0 saturated heterocycles. The van der Waals surface area contributed by atoms with Gasteiger partial charge in [0.2, 0.25) is 0 Å². The fourth-order valence-electron chi connectivity index (χ4n) is 4.33. The summed E-state index contributed by atoms with van der Waals surface area (Å²) in [6, 6.07) is 10.5. The van der Waals surface area contributed by atoms with Gasteiger partial charge in [-0.3, -0.25) is 9.11 Å². The van der Waals surface area contributed by atoms with E-state index in [9.17, 15) is 25.9 Å². The van der Waals surface area contributed by atoms with Gasteiger partial charge in [0.1, 0.15) is 4.90 Å². The lowest BCUT2D eigenvalue weighted by molar-refractivity contribution is 0.481. The lowest BCUT2D eigenvalue weighted by atomic mass is 9.94. The molecule has 0 atom stereocenters. The Morgan fingerprint density at radius 1 is 0.750 bits per heavy atom. The monoisotopic (exact) mass is 531 g/mol. The Bertz CT molecular complexity index is 1660. The van der Waals surface area contributed by atoms with E-state index in [1.807, 2.05) is 52.0 Å². The average molecular weight is 532 g/mol. The molecule has 1 aromatic heterocycles. The number of anilines is 2. The van der Waals surface area contributed by atoms with E-state index < -0.39 is 30.0 Å². The first-order valence-electron chi connectivity index (χ1n) is 11.3. The second-order valence-corrected chi connectivity index (χ2v) is 11.3. The molecule has 4 aromatic rings. The second-order valence-electron chi connectivity index (χ2n) is 8.47. The summed E-state index contributed by atoms with van der Waals surface area (Å²) >= 11 is 0. The molecule has 4 rings (SSSR count). The molecule has 0 aliphatic rings. The smallest absolute Gasteiger partial charge is 0.363 e. The van der Waals surface area contributed by atoms with Crippen molar-refractivity contribution in [2.75, 3.05) is 23.7 Å². The van der Waals surface area contributed by atoms with E-state index >= 15 is 0 Å². The van der Waals surface area contributed by atoms with Gasteiger partial charge in [-0.05, 0) is 63.1 Å². The summed E-state index contributed by atoms with van der Waals surface area (Å²) in [7, 11) is -9.60. The van der Waals surface area contributed by atoms with Crippen molar-refractivity contribution in [1.82, 2.24) is 0 Å². The van der Waals surface area contributed by atoms with Crippen molar-refractivity contribution >= 4 is 53.5 Å². The fourth-order valence-corrected chi connectivity index (χ4v) is 5.64. The van der Waals surface area contributed by atoms with Gasteiger partial charge < -0.3 is 10.6 Å². The van der Waals surface area contributed by atoms with Gasteiger partial charge in [0.05, 0.1) is 27.8 Å². The number of hydrogen-bond acceptors (Lipinski definition) is 6. The van der Waals surface area contributed by atoms with Gasteiger partial charge in [0.15, 0.2) is 0 Å². The Hall–Kier alpha value is -3.25. The second kappa shape index (κ2) is 9.32. The Balaban J connectivity index is 2.22. The third-order valence-electron chi connectivity index (χ3n) is 5.94. The zero-order chi connectivity index (χ0) is 26.4. The molecule has 36 heavy (non-hydrogen) atoms. The molecule has 9 nitrogen and oxygen atoms in total. The van der Waals surface area contributed by atoms with Crippen LogP contribution in [0.15, 0.2) is 56.7 Å². The fraction of sp³-hybridized carbons (Fsp3) is 0.240. The van der Waals surface area contributed by atoms with E-state index in [0.717, 1.165) is 34.6 Å². The number of fused-ring (bicyclic) bond motifs is 2. The summed E-state index contributed by atoms with van der Waals surface area (Å²) in [4.78, 5) is -1.29.